The Kier molecular flexibility index (Phi) is 3.04. The number of hydrogen-bond donors (Lipinski definition) is 0. The lowest BCUT2D eigenvalue weighted by Crippen LogP contribution is -2.15. The molecule has 88 valence electrons. The molecule has 0 aliphatic carbocycles. The zero-order valence-corrected chi connectivity index (χ0v) is 9.45. The van der Waals surface area contributed by atoms with Gasteiger partial charge >= 0.3 is 0 Å². The van der Waals surface area contributed by atoms with Crippen molar-refractivity contribution in [3.05, 3.63) is 36.4 Å². The van der Waals surface area contributed by atoms with Crippen LogP contribution in [0.3, 0.4) is 0 Å². The third kappa shape index (κ3) is 1.96. The van der Waals surface area contributed by atoms with E-state index < -0.39 is 0 Å². The monoisotopic (exact) mass is 233 g/mol. The summed E-state index contributed by atoms with van der Waals surface area (Å²) in [6, 6.07) is 5.12. The molecule has 6 heteroatoms. The first kappa shape index (κ1) is 11.1. The van der Waals surface area contributed by atoms with Crippen LogP contribution in [0.25, 0.3) is 0 Å². The van der Waals surface area contributed by atoms with Gasteiger partial charge in [-0.05, 0) is 12.1 Å². The van der Waals surface area contributed by atoms with Crippen molar-refractivity contribution >= 4 is 5.91 Å². The summed E-state index contributed by atoms with van der Waals surface area (Å²) in [5.41, 5.74) is 0.322. The molecule has 0 saturated heterocycles. The molecule has 0 atom stereocenters. The van der Waals surface area contributed by atoms with Crippen LogP contribution in [-0.4, -0.2) is 34.9 Å². The number of aromatic nitrogens is 3. The summed E-state index contributed by atoms with van der Waals surface area (Å²) in [5.74, 6) is 0.520. The molecule has 6 nitrogen and oxygen atoms in total. The first-order chi connectivity index (χ1) is 8.27. The van der Waals surface area contributed by atoms with Crippen LogP contribution in [0.2, 0.25) is 0 Å². The number of rotatable bonds is 3. The summed E-state index contributed by atoms with van der Waals surface area (Å²) < 4.78 is 11.4. The van der Waals surface area contributed by atoms with Crippen LogP contribution >= 0.6 is 0 Å². The third-order valence-electron chi connectivity index (χ3n) is 2.27. The Labute approximate surface area is 97.8 Å². The molecule has 0 aliphatic heterocycles. The van der Waals surface area contributed by atoms with E-state index >= 15 is 0 Å². The van der Waals surface area contributed by atoms with Gasteiger partial charge < -0.3 is 9.47 Å². The molecule has 0 fully saturated rings. The minimum Gasteiger partial charge on any atom is -0.496 e. The van der Waals surface area contributed by atoms with E-state index in [0.717, 1.165) is 4.68 Å². The van der Waals surface area contributed by atoms with Crippen LogP contribution in [0, 0.1) is 0 Å². The van der Waals surface area contributed by atoms with Gasteiger partial charge in [-0.3, -0.25) is 4.79 Å². The Hall–Kier alpha value is -2.37. The molecule has 2 rings (SSSR count). The zero-order chi connectivity index (χ0) is 12.3. The second-order valence-electron chi connectivity index (χ2n) is 3.18. The average molecular weight is 233 g/mol. The highest BCUT2D eigenvalue weighted by Gasteiger charge is 2.20. The molecule has 0 radical (unpaired) electrons. The van der Waals surface area contributed by atoms with Gasteiger partial charge in [0, 0.05) is 0 Å². The SMILES string of the molecule is COc1cccc(OC)c1C(=O)n1cncn1. The Morgan fingerprint density at radius 2 is 1.88 bits per heavy atom. The van der Waals surface area contributed by atoms with Gasteiger partial charge in [0.2, 0.25) is 0 Å². The molecule has 17 heavy (non-hydrogen) atoms. The van der Waals surface area contributed by atoms with Crippen molar-refractivity contribution in [2.75, 3.05) is 14.2 Å². The number of ether oxygens (including phenoxy) is 2. The number of carbonyl (C=O) groups is 1. The van der Waals surface area contributed by atoms with Crippen LogP contribution in [0.4, 0.5) is 0 Å². The quantitative estimate of drug-likeness (QED) is 0.790. The van der Waals surface area contributed by atoms with Crippen LogP contribution in [0.5, 0.6) is 11.5 Å². The molecular weight excluding hydrogens is 222 g/mol. The highest BCUT2D eigenvalue weighted by atomic mass is 16.5. The zero-order valence-electron chi connectivity index (χ0n) is 9.45. The summed E-state index contributed by atoms with van der Waals surface area (Å²) in [7, 11) is 2.99. The molecule has 2 aromatic rings. The maximum Gasteiger partial charge on any atom is 0.287 e. The normalized spacial score (nSPS) is 10.0. The van der Waals surface area contributed by atoms with Gasteiger partial charge in [-0.25, -0.2) is 4.98 Å². The predicted octanol–water partition coefficient (Wildman–Crippen LogP) is 0.984. The molecule has 1 heterocycles. The van der Waals surface area contributed by atoms with Crippen LogP contribution in [0.15, 0.2) is 30.9 Å². The van der Waals surface area contributed by atoms with Crippen molar-refractivity contribution in [2.45, 2.75) is 0 Å². The summed E-state index contributed by atoms with van der Waals surface area (Å²) >= 11 is 0. The Morgan fingerprint density at radius 3 is 2.35 bits per heavy atom. The van der Waals surface area contributed by atoms with Gasteiger partial charge in [0.05, 0.1) is 14.2 Å². The Balaban J connectivity index is 2.53. The van der Waals surface area contributed by atoms with Crippen LogP contribution in [0.1, 0.15) is 10.4 Å². The second-order valence-corrected chi connectivity index (χ2v) is 3.18. The number of benzene rings is 1. The predicted molar refractivity (Wildman–Crippen MR) is 59.3 cm³/mol. The molecule has 0 bridgehead atoms. The van der Waals surface area contributed by atoms with Crippen LogP contribution < -0.4 is 9.47 Å². The molecule has 0 saturated carbocycles. The smallest absolute Gasteiger partial charge is 0.287 e. The second kappa shape index (κ2) is 4.65. The van der Waals surface area contributed by atoms with Gasteiger partial charge in [0.25, 0.3) is 5.91 Å². The molecule has 0 amide bonds. The summed E-state index contributed by atoms with van der Waals surface area (Å²) in [5, 5.41) is 3.79. The van der Waals surface area contributed by atoms with Crippen LogP contribution in [-0.2, 0) is 0 Å². The first-order valence-corrected chi connectivity index (χ1v) is 4.88. The first-order valence-electron chi connectivity index (χ1n) is 4.88. The third-order valence-corrected chi connectivity index (χ3v) is 2.27. The number of nitrogens with zero attached hydrogens (tertiary/aromatic N) is 3. The number of carbonyl (C=O) groups excluding carboxylic acids is 1. The van der Waals surface area contributed by atoms with Crippen molar-refractivity contribution < 1.29 is 14.3 Å². The maximum atomic E-state index is 12.2. The average Bonchev–Trinajstić information content (AvgIpc) is 2.90. The molecule has 0 aliphatic rings. The fourth-order valence-corrected chi connectivity index (χ4v) is 1.49. The van der Waals surface area contributed by atoms with E-state index in [1.165, 1.54) is 26.9 Å². The minimum absolute atomic E-state index is 0.322. The topological polar surface area (TPSA) is 66.2 Å². The van der Waals surface area contributed by atoms with Gasteiger partial charge in [-0.1, -0.05) is 6.07 Å². The molecule has 1 aromatic heterocycles. The lowest BCUT2D eigenvalue weighted by molar-refractivity contribution is 0.0938. The largest absolute Gasteiger partial charge is 0.496 e. The molecule has 0 spiro atoms. The number of hydrogen-bond acceptors (Lipinski definition) is 5. The highest BCUT2D eigenvalue weighted by molar-refractivity contribution is 6.00. The van der Waals surface area contributed by atoms with Crippen molar-refractivity contribution in [1.82, 2.24) is 14.8 Å². The van der Waals surface area contributed by atoms with E-state index in [4.69, 9.17) is 9.47 Å². The number of methoxy groups -OCH3 is 2. The van der Waals surface area contributed by atoms with E-state index in [1.54, 1.807) is 18.2 Å². The minimum atomic E-state index is -0.350. The summed E-state index contributed by atoms with van der Waals surface area (Å²) in [4.78, 5) is 15.9. The summed E-state index contributed by atoms with van der Waals surface area (Å²) in [6.45, 7) is 0. The standard InChI is InChI=1S/C11H11N3O3/c1-16-8-4-3-5-9(17-2)10(8)11(15)14-7-12-6-13-14/h3-7H,1-2H3. The maximum absolute atomic E-state index is 12.2. The van der Waals surface area contributed by atoms with Gasteiger partial charge in [-0.2, -0.15) is 9.78 Å². The van der Waals surface area contributed by atoms with Crippen molar-refractivity contribution in [3.8, 4) is 11.5 Å². The van der Waals surface area contributed by atoms with E-state index in [1.807, 2.05) is 0 Å². The van der Waals surface area contributed by atoms with E-state index in [9.17, 15) is 4.79 Å². The van der Waals surface area contributed by atoms with E-state index in [0.29, 0.717) is 17.1 Å². The van der Waals surface area contributed by atoms with E-state index in [2.05, 4.69) is 10.1 Å². The molecule has 0 unspecified atom stereocenters. The fraction of sp³-hybridized carbons (Fsp3) is 0.182. The fourth-order valence-electron chi connectivity index (χ4n) is 1.49. The molecule has 0 N–H and O–H groups in total. The molecular formula is C11H11N3O3. The van der Waals surface area contributed by atoms with Gasteiger partial charge in [-0.15, -0.1) is 0 Å². The van der Waals surface area contributed by atoms with Gasteiger partial charge in [0.1, 0.15) is 29.7 Å². The Bertz CT molecular complexity index is 501. The van der Waals surface area contributed by atoms with Crippen molar-refractivity contribution in [3.63, 3.8) is 0 Å². The van der Waals surface area contributed by atoms with E-state index in [-0.39, 0.29) is 5.91 Å². The highest BCUT2D eigenvalue weighted by Crippen LogP contribution is 2.28. The summed E-state index contributed by atoms with van der Waals surface area (Å²) in [6.07, 6.45) is 2.62. The van der Waals surface area contributed by atoms with Crippen molar-refractivity contribution in [1.29, 1.82) is 0 Å². The Morgan fingerprint density at radius 1 is 1.24 bits per heavy atom. The van der Waals surface area contributed by atoms with Crippen molar-refractivity contribution in [2.24, 2.45) is 0 Å². The molecule has 1 aromatic carbocycles. The van der Waals surface area contributed by atoms with Gasteiger partial charge in [0.15, 0.2) is 0 Å². The lowest BCUT2D eigenvalue weighted by atomic mass is 10.1. The lowest BCUT2D eigenvalue weighted by Gasteiger charge is -2.11.